The van der Waals surface area contributed by atoms with Crippen molar-refractivity contribution in [2.45, 2.75) is 6.17 Å². The number of amides is 1. The normalized spacial score (nSPS) is 16.0. The van der Waals surface area contributed by atoms with Crippen molar-refractivity contribution in [3.05, 3.63) is 88.2 Å². The largest absolute Gasteiger partial charge is 0.361 e. The van der Waals surface area contributed by atoms with E-state index in [1.807, 2.05) is 30.3 Å². The second-order valence-corrected chi connectivity index (χ2v) is 6.55. The number of benzene rings is 2. The minimum Gasteiger partial charge on any atom is -0.361 e. The van der Waals surface area contributed by atoms with Crippen LogP contribution in [0.3, 0.4) is 0 Å². The van der Waals surface area contributed by atoms with Crippen LogP contribution in [0, 0.1) is 0 Å². The third-order valence-corrected chi connectivity index (χ3v) is 4.49. The summed E-state index contributed by atoms with van der Waals surface area (Å²) in [5.74, 6) is -0.0748. The van der Waals surface area contributed by atoms with E-state index in [1.165, 1.54) is 0 Å². The van der Waals surface area contributed by atoms with Gasteiger partial charge < -0.3 is 5.32 Å². The smallest absolute Gasteiger partial charge is 0.260 e. The number of carbonyl (C=O) groups excluding carboxylic acids is 1. The standard InChI is InChI=1S/C19H13Cl2N3O/c20-12-8-13(21)10-14(9-12)23-18-16-5-1-2-6-17(16)19(25)24(18)15-4-3-7-22-11-15/h1-11,18,23H/t18-/m0/s1. The van der Waals surface area contributed by atoms with E-state index in [0.29, 0.717) is 21.3 Å². The number of halogens is 2. The maximum atomic E-state index is 12.9. The van der Waals surface area contributed by atoms with Crippen LogP contribution in [0.2, 0.25) is 10.0 Å². The predicted octanol–water partition coefficient (Wildman–Crippen LogP) is 5.16. The second-order valence-electron chi connectivity index (χ2n) is 5.68. The fourth-order valence-corrected chi connectivity index (χ4v) is 3.54. The number of hydrogen-bond donors (Lipinski definition) is 1. The quantitative estimate of drug-likeness (QED) is 0.693. The number of aromatic nitrogens is 1. The Morgan fingerprint density at radius 2 is 1.76 bits per heavy atom. The second kappa shape index (κ2) is 6.39. The van der Waals surface area contributed by atoms with Gasteiger partial charge in [-0.25, -0.2) is 0 Å². The Morgan fingerprint density at radius 3 is 2.48 bits per heavy atom. The third-order valence-electron chi connectivity index (χ3n) is 4.05. The molecule has 0 radical (unpaired) electrons. The summed E-state index contributed by atoms with van der Waals surface area (Å²) < 4.78 is 0. The molecule has 3 aromatic rings. The highest BCUT2D eigenvalue weighted by atomic mass is 35.5. The van der Waals surface area contributed by atoms with E-state index in [1.54, 1.807) is 41.6 Å². The zero-order valence-corrected chi connectivity index (χ0v) is 14.5. The van der Waals surface area contributed by atoms with E-state index >= 15 is 0 Å². The van der Waals surface area contributed by atoms with E-state index in [4.69, 9.17) is 23.2 Å². The molecular weight excluding hydrogens is 357 g/mol. The first-order chi connectivity index (χ1) is 12.1. The molecule has 124 valence electrons. The summed E-state index contributed by atoms with van der Waals surface area (Å²) in [6.07, 6.45) is 2.97. The SMILES string of the molecule is O=C1c2ccccc2[C@@H](Nc2cc(Cl)cc(Cl)c2)N1c1cccnc1. The summed E-state index contributed by atoms with van der Waals surface area (Å²) >= 11 is 12.2. The van der Waals surface area contributed by atoms with Gasteiger partial charge in [0.2, 0.25) is 0 Å². The molecule has 25 heavy (non-hydrogen) atoms. The van der Waals surface area contributed by atoms with Crippen LogP contribution in [0.25, 0.3) is 0 Å². The van der Waals surface area contributed by atoms with Crippen molar-refractivity contribution in [2.24, 2.45) is 0 Å². The average molecular weight is 370 g/mol. The molecule has 0 saturated carbocycles. The summed E-state index contributed by atoms with van der Waals surface area (Å²) in [7, 11) is 0. The lowest BCUT2D eigenvalue weighted by Crippen LogP contribution is -2.32. The van der Waals surface area contributed by atoms with Crippen molar-refractivity contribution < 1.29 is 4.79 Å². The molecule has 0 fully saturated rings. The van der Waals surface area contributed by atoms with Crippen molar-refractivity contribution in [1.29, 1.82) is 0 Å². The van der Waals surface area contributed by atoms with Crippen LogP contribution in [0.5, 0.6) is 0 Å². The fourth-order valence-electron chi connectivity index (χ4n) is 3.02. The molecule has 6 heteroatoms. The molecule has 0 unspecified atom stereocenters. The molecule has 1 aliphatic heterocycles. The Balaban J connectivity index is 1.79. The first-order valence-corrected chi connectivity index (χ1v) is 8.44. The Kier molecular flexibility index (Phi) is 4.07. The van der Waals surface area contributed by atoms with Crippen LogP contribution in [0.15, 0.2) is 67.0 Å². The molecule has 1 amide bonds. The highest BCUT2D eigenvalue weighted by Crippen LogP contribution is 2.38. The number of nitrogens with zero attached hydrogens (tertiary/aromatic N) is 2. The molecule has 0 spiro atoms. The Bertz CT molecular complexity index is 926. The maximum Gasteiger partial charge on any atom is 0.260 e. The number of fused-ring (bicyclic) bond motifs is 1. The molecule has 1 aliphatic rings. The predicted molar refractivity (Wildman–Crippen MR) is 100 cm³/mol. The Hall–Kier alpha value is -2.56. The fraction of sp³-hybridized carbons (Fsp3) is 0.0526. The highest BCUT2D eigenvalue weighted by molar-refractivity contribution is 6.35. The third kappa shape index (κ3) is 2.95. The van der Waals surface area contributed by atoms with Gasteiger partial charge in [0.15, 0.2) is 0 Å². The molecule has 2 heterocycles. The van der Waals surface area contributed by atoms with Gasteiger partial charge in [0, 0.05) is 33.1 Å². The lowest BCUT2D eigenvalue weighted by molar-refractivity contribution is 0.0993. The average Bonchev–Trinajstić information content (AvgIpc) is 2.87. The zero-order chi connectivity index (χ0) is 17.4. The van der Waals surface area contributed by atoms with Crippen LogP contribution in [-0.2, 0) is 0 Å². The van der Waals surface area contributed by atoms with Gasteiger partial charge in [0.1, 0.15) is 6.17 Å². The molecule has 0 aliphatic carbocycles. The van der Waals surface area contributed by atoms with Gasteiger partial charge >= 0.3 is 0 Å². The van der Waals surface area contributed by atoms with Gasteiger partial charge in [-0.2, -0.15) is 0 Å². The van der Waals surface area contributed by atoms with Crippen molar-refractivity contribution in [1.82, 2.24) is 4.98 Å². The van der Waals surface area contributed by atoms with Crippen LogP contribution in [0.4, 0.5) is 11.4 Å². The number of anilines is 2. The van der Waals surface area contributed by atoms with Gasteiger partial charge in [0.05, 0.1) is 11.9 Å². The van der Waals surface area contributed by atoms with Gasteiger partial charge in [0.25, 0.3) is 5.91 Å². The molecule has 1 N–H and O–H groups in total. The molecule has 1 atom stereocenters. The zero-order valence-electron chi connectivity index (χ0n) is 13.0. The Labute approximate surface area is 155 Å². The van der Waals surface area contributed by atoms with E-state index in [2.05, 4.69) is 10.3 Å². The molecule has 0 saturated heterocycles. The first-order valence-electron chi connectivity index (χ1n) is 7.68. The van der Waals surface area contributed by atoms with E-state index in [-0.39, 0.29) is 12.1 Å². The number of nitrogens with one attached hydrogen (secondary N) is 1. The van der Waals surface area contributed by atoms with Crippen molar-refractivity contribution >= 4 is 40.5 Å². The van der Waals surface area contributed by atoms with Crippen molar-refractivity contribution in [2.75, 3.05) is 10.2 Å². The maximum absolute atomic E-state index is 12.9. The number of carbonyl (C=O) groups is 1. The van der Waals surface area contributed by atoms with Crippen LogP contribution in [0.1, 0.15) is 22.1 Å². The van der Waals surface area contributed by atoms with Crippen LogP contribution in [-0.4, -0.2) is 10.9 Å². The van der Waals surface area contributed by atoms with Gasteiger partial charge in [-0.1, -0.05) is 41.4 Å². The number of rotatable bonds is 3. The van der Waals surface area contributed by atoms with Gasteiger partial charge in [-0.15, -0.1) is 0 Å². The molecule has 2 aromatic carbocycles. The van der Waals surface area contributed by atoms with Crippen LogP contribution >= 0.6 is 23.2 Å². The molecule has 0 bridgehead atoms. The summed E-state index contributed by atoms with van der Waals surface area (Å²) in [6.45, 7) is 0. The summed E-state index contributed by atoms with van der Waals surface area (Å²) in [5.41, 5.74) is 3.01. The Morgan fingerprint density at radius 1 is 1.00 bits per heavy atom. The topological polar surface area (TPSA) is 45.2 Å². The van der Waals surface area contributed by atoms with Gasteiger partial charge in [-0.05, 0) is 36.4 Å². The summed E-state index contributed by atoms with van der Waals surface area (Å²) in [4.78, 5) is 18.8. The highest BCUT2D eigenvalue weighted by Gasteiger charge is 2.37. The van der Waals surface area contributed by atoms with Crippen LogP contribution < -0.4 is 10.2 Å². The number of pyridine rings is 1. The minimum absolute atomic E-state index is 0.0748. The minimum atomic E-state index is -0.373. The number of hydrogen-bond acceptors (Lipinski definition) is 3. The van der Waals surface area contributed by atoms with E-state index in [0.717, 1.165) is 11.3 Å². The molecular formula is C19H13Cl2N3O. The van der Waals surface area contributed by atoms with E-state index in [9.17, 15) is 4.79 Å². The molecule has 4 nitrogen and oxygen atoms in total. The van der Waals surface area contributed by atoms with Gasteiger partial charge in [-0.3, -0.25) is 14.7 Å². The summed E-state index contributed by atoms with van der Waals surface area (Å²) in [5, 5.41) is 4.42. The van der Waals surface area contributed by atoms with Crippen molar-refractivity contribution in [3.63, 3.8) is 0 Å². The lowest BCUT2D eigenvalue weighted by atomic mass is 10.1. The van der Waals surface area contributed by atoms with Crippen molar-refractivity contribution in [3.8, 4) is 0 Å². The summed E-state index contributed by atoms with van der Waals surface area (Å²) in [6, 6.07) is 16.4. The molecule has 4 rings (SSSR count). The lowest BCUT2D eigenvalue weighted by Gasteiger charge is -2.27. The molecule has 1 aromatic heterocycles. The monoisotopic (exact) mass is 369 g/mol. The van der Waals surface area contributed by atoms with E-state index < -0.39 is 0 Å². The first kappa shape index (κ1) is 15.9.